The number of nitrogen functional groups attached to an aromatic ring is 1. The molecular weight excluding hydrogens is 262 g/mol. The number of benzene rings is 2. The quantitative estimate of drug-likeness (QED) is 0.653. The SMILES string of the molecule is Cc1ccc(NC2CCCN2)c(-c2ccc(N)cc2O)c1. The zero-order chi connectivity index (χ0) is 14.8. The minimum Gasteiger partial charge on any atom is -0.507 e. The molecule has 21 heavy (non-hydrogen) atoms. The molecule has 1 fully saturated rings. The van der Waals surface area contributed by atoms with Crippen LogP contribution < -0.4 is 16.4 Å². The normalized spacial score (nSPS) is 17.9. The highest BCUT2D eigenvalue weighted by Crippen LogP contribution is 2.36. The molecule has 3 rings (SSSR count). The maximum absolute atomic E-state index is 10.2. The lowest BCUT2D eigenvalue weighted by atomic mass is 9.99. The van der Waals surface area contributed by atoms with E-state index in [9.17, 15) is 5.11 Å². The van der Waals surface area contributed by atoms with Crippen LogP contribution >= 0.6 is 0 Å². The van der Waals surface area contributed by atoms with E-state index < -0.39 is 0 Å². The van der Waals surface area contributed by atoms with E-state index in [0.717, 1.165) is 35.3 Å². The third kappa shape index (κ3) is 2.95. The Morgan fingerprint density at radius 2 is 2.05 bits per heavy atom. The summed E-state index contributed by atoms with van der Waals surface area (Å²) < 4.78 is 0. The second kappa shape index (κ2) is 5.66. The van der Waals surface area contributed by atoms with Gasteiger partial charge in [-0.25, -0.2) is 0 Å². The summed E-state index contributed by atoms with van der Waals surface area (Å²) in [7, 11) is 0. The molecule has 0 amide bonds. The predicted octanol–water partition coefficient (Wildman–Crippen LogP) is 3.07. The van der Waals surface area contributed by atoms with Crippen LogP contribution in [0.2, 0.25) is 0 Å². The van der Waals surface area contributed by atoms with Gasteiger partial charge < -0.3 is 16.2 Å². The standard InChI is InChI=1S/C17H21N3O/c1-11-4-7-15(20-17-3-2-8-19-17)14(9-11)13-6-5-12(18)10-16(13)21/h4-7,9-10,17,19-21H,2-3,8,18H2,1H3. The van der Waals surface area contributed by atoms with Crippen molar-refractivity contribution in [3.63, 3.8) is 0 Å². The lowest BCUT2D eigenvalue weighted by molar-refractivity contribution is 0.477. The van der Waals surface area contributed by atoms with Gasteiger partial charge in [-0.2, -0.15) is 0 Å². The molecule has 4 heteroatoms. The summed E-state index contributed by atoms with van der Waals surface area (Å²) in [6.07, 6.45) is 2.59. The van der Waals surface area contributed by atoms with Crippen molar-refractivity contribution in [1.82, 2.24) is 5.32 Å². The van der Waals surface area contributed by atoms with Crippen LogP contribution in [-0.4, -0.2) is 17.8 Å². The molecular formula is C17H21N3O. The van der Waals surface area contributed by atoms with Crippen molar-refractivity contribution in [3.05, 3.63) is 42.0 Å². The fraction of sp³-hybridized carbons (Fsp3) is 0.294. The zero-order valence-electron chi connectivity index (χ0n) is 12.2. The average molecular weight is 283 g/mol. The van der Waals surface area contributed by atoms with Crippen molar-refractivity contribution in [3.8, 4) is 16.9 Å². The Labute approximate surface area is 125 Å². The van der Waals surface area contributed by atoms with Gasteiger partial charge in [0.05, 0.1) is 6.17 Å². The largest absolute Gasteiger partial charge is 0.507 e. The van der Waals surface area contributed by atoms with Gasteiger partial charge in [0.1, 0.15) is 5.75 Å². The van der Waals surface area contributed by atoms with Crippen LogP contribution in [0.25, 0.3) is 11.1 Å². The third-order valence-corrected chi connectivity index (χ3v) is 3.88. The topological polar surface area (TPSA) is 70.3 Å². The second-order valence-corrected chi connectivity index (χ2v) is 5.62. The molecule has 0 radical (unpaired) electrons. The number of phenols is 1. The van der Waals surface area contributed by atoms with Crippen LogP contribution in [0.1, 0.15) is 18.4 Å². The van der Waals surface area contributed by atoms with Gasteiger partial charge in [0.25, 0.3) is 0 Å². The molecule has 1 atom stereocenters. The van der Waals surface area contributed by atoms with Crippen LogP contribution in [0.15, 0.2) is 36.4 Å². The number of aryl methyl sites for hydroxylation is 1. The summed E-state index contributed by atoms with van der Waals surface area (Å²) in [5.41, 5.74) is 10.3. The van der Waals surface area contributed by atoms with Gasteiger partial charge in [-0.1, -0.05) is 11.6 Å². The van der Waals surface area contributed by atoms with E-state index in [1.54, 1.807) is 6.07 Å². The van der Waals surface area contributed by atoms with Crippen LogP contribution in [0, 0.1) is 6.92 Å². The zero-order valence-corrected chi connectivity index (χ0v) is 12.2. The van der Waals surface area contributed by atoms with Crippen molar-refractivity contribution < 1.29 is 5.11 Å². The molecule has 1 unspecified atom stereocenters. The van der Waals surface area contributed by atoms with E-state index in [1.807, 2.05) is 12.1 Å². The van der Waals surface area contributed by atoms with Crippen LogP contribution in [0.5, 0.6) is 5.75 Å². The first-order valence-corrected chi connectivity index (χ1v) is 7.33. The summed E-state index contributed by atoms with van der Waals surface area (Å²) in [5.74, 6) is 0.211. The van der Waals surface area contributed by atoms with Gasteiger partial charge in [-0.3, -0.25) is 5.32 Å². The highest BCUT2D eigenvalue weighted by Gasteiger charge is 2.16. The molecule has 0 spiro atoms. The molecule has 1 heterocycles. The first-order valence-electron chi connectivity index (χ1n) is 7.33. The van der Waals surface area contributed by atoms with Crippen LogP contribution in [0.4, 0.5) is 11.4 Å². The Morgan fingerprint density at radius 1 is 1.19 bits per heavy atom. The molecule has 2 aromatic carbocycles. The highest BCUT2D eigenvalue weighted by molar-refractivity contribution is 5.83. The van der Waals surface area contributed by atoms with Crippen molar-refractivity contribution in [2.45, 2.75) is 25.9 Å². The molecule has 4 nitrogen and oxygen atoms in total. The van der Waals surface area contributed by atoms with Crippen molar-refractivity contribution in [2.75, 3.05) is 17.6 Å². The van der Waals surface area contributed by atoms with Crippen molar-refractivity contribution in [2.24, 2.45) is 0 Å². The summed E-state index contributed by atoms with van der Waals surface area (Å²) in [5, 5.41) is 17.1. The number of nitrogens with two attached hydrogens (primary N) is 1. The van der Waals surface area contributed by atoms with E-state index in [4.69, 9.17) is 5.73 Å². The number of hydrogen-bond donors (Lipinski definition) is 4. The molecule has 0 aliphatic carbocycles. The monoisotopic (exact) mass is 283 g/mol. The van der Waals surface area contributed by atoms with Gasteiger partial charge in [0.2, 0.25) is 0 Å². The van der Waals surface area contributed by atoms with E-state index in [0.29, 0.717) is 11.9 Å². The number of phenolic OH excluding ortho intramolecular Hbond substituents is 1. The minimum absolute atomic E-state index is 0.211. The van der Waals surface area contributed by atoms with Crippen LogP contribution in [-0.2, 0) is 0 Å². The number of rotatable bonds is 3. The van der Waals surface area contributed by atoms with Gasteiger partial charge in [0.15, 0.2) is 0 Å². The lowest BCUT2D eigenvalue weighted by Gasteiger charge is -2.19. The average Bonchev–Trinajstić information content (AvgIpc) is 2.94. The predicted molar refractivity (Wildman–Crippen MR) is 87.3 cm³/mol. The number of anilines is 2. The summed E-state index contributed by atoms with van der Waals surface area (Å²) in [4.78, 5) is 0. The Bertz CT molecular complexity index is 648. The number of hydrogen-bond acceptors (Lipinski definition) is 4. The van der Waals surface area contributed by atoms with Crippen LogP contribution in [0.3, 0.4) is 0 Å². The van der Waals surface area contributed by atoms with E-state index in [2.05, 4.69) is 35.8 Å². The lowest BCUT2D eigenvalue weighted by Crippen LogP contribution is -2.29. The number of nitrogens with one attached hydrogen (secondary N) is 2. The highest BCUT2D eigenvalue weighted by atomic mass is 16.3. The fourth-order valence-corrected chi connectivity index (χ4v) is 2.78. The molecule has 1 saturated heterocycles. The minimum atomic E-state index is 0.211. The third-order valence-electron chi connectivity index (χ3n) is 3.88. The molecule has 1 aliphatic rings. The molecule has 0 aromatic heterocycles. The van der Waals surface area contributed by atoms with Gasteiger partial charge in [0, 0.05) is 28.6 Å². The first-order chi connectivity index (χ1) is 10.1. The maximum Gasteiger partial charge on any atom is 0.125 e. The molecule has 2 aromatic rings. The molecule has 1 aliphatic heterocycles. The Kier molecular flexibility index (Phi) is 3.71. The molecule has 0 saturated carbocycles. The molecule has 110 valence electrons. The maximum atomic E-state index is 10.2. The van der Waals surface area contributed by atoms with Crippen molar-refractivity contribution >= 4 is 11.4 Å². The van der Waals surface area contributed by atoms with Gasteiger partial charge in [-0.05, 0) is 50.6 Å². The van der Waals surface area contributed by atoms with E-state index in [-0.39, 0.29) is 5.75 Å². The molecule has 0 bridgehead atoms. The smallest absolute Gasteiger partial charge is 0.125 e. The summed E-state index contributed by atoms with van der Waals surface area (Å²) >= 11 is 0. The van der Waals surface area contributed by atoms with Gasteiger partial charge in [-0.15, -0.1) is 0 Å². The molecule has 5 N–H and O–H groups in total. The fourth-order valence-electron chi connectivity index (χ4n) is 2.78. The van der Waals surface area contributed by atoms with Gasteiger partial charge >= 0.3 is 0 Å². The van der Waals surface area contributed by atoms with E-state index >= 15 is 0 Å². The number of aromatic hydroxyl groups is 1. The Balaban J connectivity index is 2.01. The summed E-state index contributed by atoms with van der Waals surface area (Å²) in [6, 6.07) is 11.5. The summed E-state index contributed by atoms with van der Waals surface area (Å²) in [6.45, 7) is 3.10. The van der Waals surface area contributed by atoms with Crippen molar-refractivity contribution in [1.29, 1.82) is 0 Å². The Morgan fingerprint density at radius 3 is 2.76 bits per heavy atom. The Hall–Kier alpha value is -2.20. The van der Waals surface area contributed by atoms with E-state index in [1.165, 1.54) is 6.42 Å². The second-order valence-electron chi connectivity index (χ2n) is 5.62. The first kappa shape index (κ1) is 13.8.